The summed E-state index contributed by atoms with van der Waals surface area (Å²) in [5, 5.41) is 11.2. The van der Waals surface area contributed by atoms with Crippen molar-refractivity contribution in [2.24, 2.45) is 0 Å². The zero-order valence-electron chi connectivity index (χ0n) is 9.29. The van der Waals surface area contributed by atoms with Crippen molar-refractivity contribution >= 4 is 0 Å². The molecule has 2 heterocycles. The van der Waals surface area contributed by atoms with Crippen LogP contribution in [0.1, 0.15) is 18.4 Å². The van der Waals surface area contributed by atoms with Crippen molar-refractivity contribution in [3.63, 3.8) is 0 Å². The molecule has 0 spiro atoms. The van der Waals surface area contributed by atoms with E-state index in [2.05, 4.69) is 20.5 Å². The molecule has 0 unspecified atom stereocenters. The van der Waals surface area contributed by atoms with Gasteiger partial charge in [0.2, 0.25) is 0 Å². The molecule has 6 nitrogen and oxygen atoms in total. The molecule has 6 heteroatoms. The van der Waals surface area contributed by atoms with E-state index in [1.165, 1.54) is 0 Å². The molecule has 2 aromatic heterocycles. The van der Waals surface area contributed by atoms with E-state index < -0.39 is 0 Å². The highest BCUT2D eigenvalue weighted by Crippen LogP contribution is 2.09. The quantitative estimate of drug-likeness (QED) is 0.761. The number of hydrogen-bond acceptors (Lipinski definition) is 5. The van der Waals surface area contributed by atoms with Gasteiger partial charge in [0.05, 0.1) is 25.0 Å². The fourth-order valence-electron chi connectivity index (χ4n) is 1.31. The van der Waals surface area contributed by atoms with Crippen LogP contribution in [0.3, 0.4) is 0 Å². The third kappa shape index (κ3) is 2.33. The molecule has 0 aliphatic carbocycles. The number of ether oxygens (including phenoxy) is 1. The van der Waals surface area contributed by atoms with E-state index >= 15 is 0 Å². The lowest BCUT2D eigenvalue weighted by Crippen LogP contribution is -2.06. The van der Waals surface area contributed by atoms with Crippen LogP contribution in [0.25, 0.3) is 0 Å². The summed E-state index contributed by atoms with van der Waals surface area (Å²) < 4.78 is 7.01. The monoisotopic (exact) mass is 219 g/mol. The number of pyridine rings is 1. The highest BCUT2D eigenvalue weighted by Gasteiger charge is 2.02. The molecule has 2 rings (SSSR count). The minimum absolute atomic E-state index is 0.575. The Morgan fingerprint density at radius 1 is 1.38 bits per heavy atom. The predicted molar refractivity (Wildman–Crippen MR) is 57.1 cm³/mol. The normalized spacial score (nSPS) is 10.4. The first kappa shape index (κ1) is 10.5. The van der Waals surface area contributed by atoms with Crippen LogP contribution in [0.5, 0.6) is 5.75 Å². The molecule has 0 atom stereocenters. The van der Waals surface area contributed by atoms with E-state index in [4.69, 9.17) is 4.74 Å². The van der Waals surface area contributed by atoms with Crippen LogP contribution in [-0.2, 0) is 6.54 Å². The fraction of sp³-hybridized carbons (Fsp3) is 0.400. The first-order chi connectivity index (χ1) is 7.79. The van der Waals surface area contributed by atoms with E-state index in [9.17, 15) is 0 Å². The lowest BCUT2D eigenvalue weighted by molar-refractivity contribution is 0.338. The Morgan fingerprint density at radius 2 is 2.25 bits per heavy atom. The van der Waals surface area contributed by atoms with Crippen LogP contribution in [0.4, 0.5) is 0 Å². The largest absolute Gasteiger partial charge is 0.492 e. The molecule has 16 heavy (non-hydrogen) atoms. The Balaban J connectivity index is 2.08. The third-order valence-electron chi connectivity index (χ3n) is 2.13. The van der Waals surface area contributed by atoms with Crippen LogP contribution in [0.2, 0.25) is 0 Å². The minimum Gasteiger partial charge on any atom is -0.492 e. The van der Waals surface area contributed by atoms with Gasteiger partial charge < -0.3 is 4.74 Å². The van der Waals surface area contributed by atoms with Gasteiger partial charge in [-0.25, -0.2) is 4.68 Å². The van der Waals surface area contributed by atoms with Crippen molar-refractivity contribution < 1.29 is 4.74 Å². The van der Waals surface area contributed by atoms with Crippen LogP contribution < -0.4 is 4.74 Å². The summed E-state index contributed by atoms with van der Waals surface area (Å²) in [7, 11) is 0. The Kier molecular flexibility index (Phi) is 3.09. The van der Waals surface area contributed by atoms with Crippen molar-refractivity contribution in [2.75, 3.05) is 6.61 Å². The van der Waals surface area contributed by atoms with Crippen molar-refractivity contribution in [1.82, 2.24) is 25.2 Å². The summed E-state index contributed by atoms with van der Waals surface area (Å²) >= 11 is 0. The Morgan fingerprint density at radius 3 is 2.81 bits per heavy atom. The summed E-state index contributed by atoms with van der Waals surface area (Å²) in [6.07, 6.45) is 1.71. The van der Waals surface area contributed by atoms with Gasteiger partial charge in [-0.2, -0.15) is 0 Å². The van der Waals surface area contributed by atoms with Crippen LogP contribution in [-0.4, -0.2) is 31.8 Å². The lowest BCUT2D eigenvalue weighted by atomic mass is 10.3. The van der Waals surface area contributed by atoms with Crippen LogP contribution in [0.15, 0.2) is 18.3 Å². The molecule has 0 N–H and O–H groups in total. The number of rotatable bonds is 4. The first-order valence-corrected chi connectivity index (χ1v) is 5.10. The van der Waals surface area contributed by atoms with E-state index in [0.717, 1.165) is 17.3 Å². The second-order valence-corrected chi connectivity index (χ2v) is 3.30. The average molecular weight is 219 g/mol. The van der Waals surface area contributed by atoms with Gasteiger partial charge in [0, 0.05) is 0 Å². The Hall–Kier alpha value is -1.98. The number of tetrazole rings is 1. The molecule has 0 aliphatic rings. The molecule has 0 saturated carbocycles. The summed E-state index contributed by atoms with van der Waals surface area (Å²) in [5.74, 6) is 1.55. The first-order valence-electron chi connectivity index (χ1n) is 5.10. The molecule has 84 valence electrons. The van der Waals surface area contributed by atoms with Crippen molar-refractivity contribution in [3.8, 4) is 5.75 Å². The summed E-state index contributed by atoms with van der Waals surface area (Å²) in [6, 6.07) is 3.80. The molecule has 0 saturated heterocycles. The van der Waals surface area contributed by atoms with E-state index in [1.54, 1.807) is 10.9 Å². The van der Waals surface area contributed by atoms with E-state index in [0.29, 0.717) is 13.2 Å². The van der Waals surface area contributed by atoms with Crippen molar-refractivity contribution in [1.29, 1.82) is 0 Å². The number of aryl methyl sites for hydroxylation is 1. The van der Waals surface area contributed by atoms with Gasteiger partial charge in [0.1, 0.15) is 11.6 Å². The van der Waals surface area contributed by atoms with E-state index in [1.807, 2.05) is 26.0 Å². The molecule has 2 aromatic rings. The summed E-state index contributed by atoms with van der Waals surface area (Å²) in [5.41, 5.74) is 0.902. The average Bonchev–Trinajstić information content (AvgIpc) is 2.68. The zero-order chi connectivity index (χ0) is 11.4. The molecule has 0 fully saturated rings. The molecule has 0 aliphatic heterocycles. The predicted octanol–water partition coefficient (Wildman–Crippen LogP) is 0.824. The topological polar surface area (TPSA) is 65.7 Å². The maximum absolute atomic E-state index is 5.31. The highest BCUT2D eigenvalue weighted by atomic mass is 16.5. The molecule has 0 amide bonds. The number of nitrogens with zero attached hydrogens (tertiary/aromatic N) is 5. The van der Waals surface area contributed by atoms with Crippen LogP contribution >= 0.6 is 0 Å². The Labute approximate surface area is 93.3 Å². The SMILES string of the molecule is CCOc1ccc(Cn2nnnc2C)nc1. The maximum Gasteiger partial charge on any atom is 0.148 e. The standard InChI is InChI=1S/C10H13N5O/c1-3-16-10-5-4-9(11-6-10)7-15-8(2)12-13-14-15/h4-6H,3,7H2,1-2H3. The van der Waals surface area contributed by atoms with Crippen molar-refractivity contribution in [3.05, 3.63) is 29.8 Å². The van der Waals surface area contributed by atoms with Crippen LogP contribution in [0, 0.1) is 6.92 Å². The van der Waals surface area contributed by atoms with E-state index in [-0.39, 0.29) is 0 Å². The van der Waals surface area contributed by atoms with Gasteiger partial charge in [0.25, 0.3) is 0 Å². The molecular weight excluding hydrogens is 206 g/mol. The third-order valence-corrected chi connectivity index (χ3v) is 2.13. The fourth-order valence-corrected chi connectivity index (χ4v) is 1.31. The maximum atomic E-state index is 5.31. The second-order valence-electron chi connectivity index (χ2n) is 3.30. The zero-order valence-corrected chi connectivity index (χ0v) is 9.29. The molecule has 0 radical (unpaired) electrons. The Bertz CT molecular complexity index is 450. The summed E-state index contributed by atoms with van der Waals surface area (Å²) in [6.45, 7) is 5.02. The highest BCUT2D eigenvalue weighted by molar-refractivity contribution is 5.19. The minimum atomic E-state index is 0.575. The number of aromatic nitrogens is 5. The smallest absolute Gasteiger partial charge is 0.148 e. The van der Waals surface area contributed by atoms with Gasteiger partial charge in [-0.1, -0.05) is 0 Å². The summed E-state index contributed by atoms with van der Waals surface area (Å²) in [4.78, 5) is 4.27. The molecular formula is C10H13N5O. The molecule has 0 aromatic carbocycles. The molecule has 0 bridgehead atoms. The van der Waals surface area contributed by atoms with Gasteiger partial charge in [0.15, 0.2) is 0 Å². The van der Waals surface area contributed by atoms with Gasteiger partial charge in [-0.05, 0) is 36.4 Å². The van der Waals surface area contributed by atoms with Crippen molar-refractivity contribution in [2.45, 2.75) is 20.4 Å². The number of hydrogen-bond donors (Lipinski definition) is 0. The van der Waals surface area contributed by atoms with Gasteiger partial charge >= 0.3 is 0 Å². The van der Waals surface area contributed by atoms with Gasteiger partial charge in [-0.3, -0.25) is 4.98 Å². The second kappa shape index (κ2) is 4.69. The van der Waals surface area contributed by atoms with Gasteiger partial charge in [-0.15, -0.1) is 5.10 Å². The lowest BCUT2D eigenvalue weighted by Gasteiger charge is -2.04.